The number of likely N-dealkylation sites (N-methyl/N-ethyl adjacent to an activating group) is 1. The zero-order valence-corrected chi connectivity index (χ0v) is 13.5. The Hall–Kier alpha value is 0.140. The van der Waals surface area contributed by atoms with Crippen LogP contribution < -0.4 is 0 Å². The van der Waals surface area contributed by atoms with E-state index >= 15 is 0 Å². The number of hydrogen-bond acceptors (Lipinski definition) is 3. The van der Waals surface area contributed by atoms with Gasteiger partial charge < -0.3 is 0 Å². The van der Waals surface area contributed by atoms with Crippen molar-refractivity contribution in [1.29, 1.82) is 0 Å². The van der Waals surface area contributed by atoms with E-state index in [9.17, 15) is 0 Å². The van der Waals surface area contributed by atoms with E-state index in [0.29, 0.717) is 11.4 Å². The molecule has 0 N–H and O–H groups in total. The average Bonchev–Trinajstić information content (AvgIpc) is 2.60. The van der Waals surface area contributed by atoms with Gasteiger partial charge in [0, 0.05) is 16.7 Å². The molecular formula is C14H25NS2. The predicted molar refractivity (Wildman–Crippen MR) is 83.5 cm³/mol. The summed E-state index contributed by atoms with van der Waals surface area (Å²) < 4.78 is 0. The van der Waals surface area contributed by atoms with E-state index in [1.165, 1.54) is 16.9 Å². The topological polar surface area (TPSA) is 3.24 Å². The number of thioether (sulfide) groups is 2. The van der Waals surface area contributed by atoms with Crippen LogP contribution in [0, 0.1) is 0 Å². The molecule has 0 amide bonds. The molecule has 3 heteroatoms. The largest absolute Gasteiger partial charge is 0.287 e. The minimum Gasteiger partial charge on any atom is -0.287 e. The molecule has 0 aromatic heterocycles. The molecule has 2 unspecified atom stereocenters. The van der Waals surface area contributed by atoms with Crippen LogP contribution >= 0.6 is 23.5 Å². The van der Waals surface area contributed by atoms with Gasteiger partial charge in [0.05, 0.1) is 5.37 Å². The highest BCUT2D eigenvalue weighted by atomic mass is 32.2. The van der Waals surface area contributed by atoms with E-state index in [4.69, 9.17) is 0 Å². The normalized spacial score (nSPS) is 26.9. The summed E-state index contributed by atoms with van der Waals surface area (Å²) in [5, 5.41) is 2.84. The lowest BCUT2D eigenvalue weighted by molar-refractivity contribution is 0.304. The first-order chi connectivity index (χ1) is 7.97. The van der Waals surface area contributed by atoms with Gasteiger partial charge in [0.25, 0.3) is 0 Å². The molecule has 0 bridgehead atoms. The van der Waals surface area contributed by atoms with Gasteiger partial charge in [0.15, 0.2) is 0 Å². The summed E-state index contributed by atoms with van der Waals surface area (Å²) in [7, 11) is 2.25. The molecule has 0 aromatic carbocycles. The van der Waals surface area contributed by atoms with E-state index in [1.807, 2.05) is 11.8 Å². The van der Waals surface area contributed by atoms with Gasteiger partial charge >= 0.3 is 0 Å². The Morgan fingerprint density at radius 3 is 2.47 bits per heavy atom. The van der Waals surface area contributed by atoms with Gasteiger partial charge in [-0.15, -0.1) is 23.5 Å². The van der Waals surface area contributed by atoms with Crippen LogP contribution in [0.15, 0.2) is 21.5 Å². The zero-order valence-electron chi connectivity index (χ0n) is 11.9. The monoisotopic (exact) mass is 271 g/mol. The van der Waals surface area contributed by atoms with Gasteiger partial charge in [0.1, 0.15) is 0 Å². The van der Waals surface area contributed by atoms with Crippen molar-refractivity contribution < 1.29 is 0 Å². The van der Waals surface area contributed by atoms with Crippen LogP contribution in [0.25, 0.3) is 0 Å². The van der Waals surface area contributed by atoms with Gasteiger partial charge in [-0.05, 0) is 46.6 Å². The molecule has 0 radical (unpaired) electrons. The Bertz CT molecular complexity index is 316. The van der Waals surface area contributed by atoms with Crippen LogP contribution in [0.1, 0.15) is 41.0 Å². The summed E-state index contributed by atoms with van der Waals surface area (Å²) in [6.45, 7) is 11.2. The van der Waals surface area contributed by atoms with Gasteiger partial charge in [-0.3, -0.25) is 4.90 Å². The van der Waals surface area contributed by atoms with Gasteiger partial charge in [-0.1, -0.05) is 18.1 Å². The average molecular weight is 271 g/mol. The van der Waals surface area contributed by atoms with E-state index in [1.54, 1.807) is 4.91 Å². The summed E-state index contributed by atoms with van der Waals surface area (Å²) in [4.78, 5) is 4.05. The third-order valence-electron chi connectivity index (χ3n) is 3.16. The first-order valence-electron chi connectivity index (χ1n) is 6.30. The second-order valence-corrected chi connectivity index (χ2v) is 7.04. The maximum absolute atomic E-state index is 2.50. The van der Waals surface area contributed by atoms with Crippen molar-refractivity contribution in [1.82, 2.24) is 4.90 Å². The predicted octanol–water partition coefficient (Wildman–Crippen LogP) is 4.72. The molecule has 1 aliphatic rings. The first-order valence-corrected chi connectivity index (χ1v) is 8.23. The molecule has 98 valence electrons. The Morgan fingerprint density at radius 1 is 1.41 bits per heavy atom. The lowest BCUT2D eigenvalue weighted by atomic mass is 10.2. The minimum atomic E-state index is 0.561. The fourth-order valence-electron chi connectivity index (χ4n) is 1.68. The van der Waals surface area contributed by atoms with Crippen LogP contribution in [0.5, 0.6) is 0 Å². The van der Waals surface area contributed by atoms with Crippen molar-refractivity contribution in [2.45, 2.75) is 52.5 Å². The molecule has 0 aromatic rings. The SMILES string of the molecule is CC/C(C)=C(\SC=C(C)C)C1SCC(C)N1C. The number of hydrogen-bond donors (Lipinski definition) is 0. The maximum atomic E-state index is 2.50. The van der Waals surface area contributed by atoms with E-state index in [-0.39, 0.29) is 0 Å². The third-order valence-corrected chi connectivity index (χ3v) is 6.28. The zero-order chi connectivity index (χ0) is 13.0. The highest BCUT2D eigenvalue weighted by Gasteiger charge is 2.31. The lowest BCUT2D eigenvalue weighted by Crippen LogP contribution is -2.31. The summed E-state index contributed by atoms with van der Waals surface area (Å²) in [5.74, 6) is 1.25. The number of allylic oxidation sites excluding steroid dienone is 2. The first kappa shape index (κ1) is 15.2. The van der Waals surface area contributed by atoms with Crippen LogP contribution in [0.3, 0.4) is 0 Å². The van der Waals surface area contributed by atoms with Crippen LogP contribution in [0.4, 0.5) is 0 Å². The fraction of sp³-hybridized carbons (Fsp3) is 0.714. The van der Waals surface area contributed by atoms with E-state index < -0.39 is 0 Å². The van der Waals surface area contributed by atoms with E-state index in [2.05, 4.69) is 63.7 Å². The Balaban J connectivity index is 2.88. The van der Waals surface area contributed by atoms with E-state index in [0.717, 1.165) is 6.42 Å². The molecule has 0 saturated carbocycles. The summed E-state index contributed by atoms with van der Waals surface area (Å²) in [6.07, 6.45) is 1.15. The number of rotatable bonds is 4. The standard InChI is InChI=1S/C14H25NS2/c1-7-11(4)13(16-8-10(2)3)14-15(6)12(5)9-17-14/h8,12,14H,7,9H2,1-6H3/b13-11-. The van der Waals surface area contributed by atoms with Gasteiger partial charge in [0.2, 0.25) is 0 Å². The lowest BCUT2D eigenvalue weighted by Gasteiger charge is -2.25. The molecule has 2 atom stereocenters. The Morgan fingerprint density at radius 2 is 2.06 bits per heavy atom. The summed E-state index contributed by atoms with van der Waals surface area (Å²) in [6, 6.07) is 0.692. The molecule has 0 aliphatic carbocycles. The van der Waals surface area contributed by atoms with Crippen molar-refractivity contribution in [3.05, 3.63) is 21.5 Å². The van der Waals surface area contributed by atoms with Gasteiger partial charge in [-0.2, -0.15) is 0 Å². The molecule has 1 aliphatic heterocycles. The molecule has 1 heterocycles. The highest BCUT2D eigenvalue weighted by Crippen LogP contribution is 2.40. The molecule has 1 rings (SSSR count). The smallest absolute Gasteiger partial charge is 0.0876 e. The molecule has 1 saturated heterocycles. The Labute approximate surface area is 115 Å². The van der Waals surface area contributed by atoms with Crippen LogP contribution in [-0.2, 0) is 0 Å². The minimum absolute atomic E-state index is 0.561. The van der Waals surface area contributed by atoms with Gasteiger partial charge in [-0.25, -0.2) is 0 Å². The van der Waals surface area contributed by atoms with Crippen molar-refractivity contribution >= 4 is 23.5 Å². The summed E-state index contributed by atoms with van der Waals surface area (Å²) in [5.41, 5.74) is 2.92. The van der Waals surface area contributed by atoms with Crippen molar-refractivity contribution in [3.63, 3.8) is 0 Å². The molecule has 1 nitrogen and oxygen atoms in total. The van der Waals surface area contributed by atoms with Crippen molar-refractivity contribution in [3.8, 4) is 0 Å². The van der Waals surface area contributed by atoms with Crippen molar-refractivity contribution in [2.24, 2.45) is 0 Å². The van der Waals surface area contributed by atoms with Crippen molar-refractivity contribution in [2.75, 3.05) is 12.8 Å². The second-order valence-electron chi connectivity index (χ2n) is 5.01. The second kappa shape index (κ2) is 6.91. The van der Waals surface area contributed by atoms with Crippen LogP contribution in [0.2, 0.25) is 0 Å². The fourth-order valence-corrected chi connectivity index (χ4v) is 4.54. The maximum Gasteiger partial charge on any atom is 0.0876 e. The molecule has 17 heavy (non-hydrogen) atoms. The molecule has 0 spiro atoms. The molecular weight excluding hydrogens is 246 g/mol. The summed E-state index contributed by atoms with van der Waals surface area (Å²) >= 11 is 4.00. The van der Waals surface area contributed by atoms with Crippen LogP contribution in [-0.4, -0.2) is 29.1 Å². The third kappa shape index (κ3) is 4.08. The molecule has 1 fully saturated rings. The number of nitrogens with zero attached hydrogens (tertiary/aromatic N) is 1. The quantitative estimate of drug-likeness (QED) is 0.728. The Kier molecular flexibility index (Phi) is 6.18. The highest BCUT2D eigenvalue weighted by molar-refractivity contribution is 8.08.